The van der Waals surface area contributed by atoms with E-state index in [4.69, 9.17) is 19.7 Å². The predicted octanol–water partition coefficient (Wildman–Crippen LogP) is 1.35. The van der Waals surface area contributed by atoms with Crippen molar-refractivity contribution in [1.29, 1.82) is 0 Å². The van der Waals surface area contributed by atoms with E-state index in [0.29, 0.717) is 41.5 Å². The molecule has 0 aliphatic carbocycles. The molecule has 25 heavy (non-hydrogen) atoms. The Balaban J connectivity index is 2.06. The molecule has 0 radical (unpaired) electrons. The normalized spacial score (nSPS) is 10.4. The van der Waals surface area contributed by atoms with Crippen molar-refractivity contribution in [2.24, 2.45) is 5.73 Å². The zero-order chi connectivity index (χ0) is 18.4. The third kappa shape index (κ3) is 4.50. The van der Waals surface area contributed by atoms with Gasteiger partial charge in [0, 0.05) is 6.54 Å². The first-order valence-electron chi connectivity index (χ1n) is 7.77. The summed E-state index contributed by atoms with van der Waals surface area (Å²) in [5.74, 6) is 0.517. The fraction of sp³-hybridized carbons (Fsp3) is 0.353. The maximum absolute atomic E-state index is 12.4. The number of aryl methyl sites for hydroxylation is 2. The monoisotopic (exact) mass is 347 g/mol. The highest BCUT2D eigenvalue weighted by Crippen LogP contribution is 2.28. The lowest BCUT2D eigenvalue weighted by molar-refractivity contribution is -0.119. The number of benzene rings is 1. The fourth-order valence-electron chi connectivity index (χ4n) is 2.31. The minimum absolute atomic E-state index is 0.237. The van der Waals surface area contributed by atoms with Crippen LogP contribution in [0.4, 0.5) is 0 Å². The third-order valence-electron chi connectivity index (χ3n) is 3.55. The Bertz CT molecular complexity index is 770. The molecule has 0 aliphatic heterocycles. The van der Waals surface area contributed by atoms with Crippen molar-refractivity contribution >= 4 is 11.8 Å². The van der Waals surface area contributed by atoms with Crippen LogP contribution >= 0.6 is 0 Å². The molecule has 0 atom stereocenters. The number of carbonyl (C=O) groups excluding carboxylic acids is 2. The molecular formula is C17H21N3O5. The molecule has 1 aromatic heterocycles. The highest BCUT2D eigenvalue weighted by Gasteiger charge is 2.19. The van der Waals surface area contributed by atoms with Crippen molar-refractivity contribution in [3.63, 3.8) is 0 Å². The topological polar surface area (TPSA) is 117 Å². The second-order valence-corrected chi connectivity index (χ2v) is 5.34. The molecule has 134 valence electrons. The molecule has 0 unspecified atom stereocenters. The van der Waals surface area contributed by atoms with E-state index in [2.05, 4.69) is 10.5 Å². The van der Waals surface area contributed by atoms with Crippen LogP contribution in [0.3, 0.4) is 0 Å². The molecule has 2 aromatic rings. The number of hydrogen-bond donors (Lipinski definition) is 2. The molecule has 2 rings (SSSR count). The van der Waals surface area contributed by atoms with Crippen molar-refractivity contribution in [2.45, 2.75) is 26.8 Å². The third-order valence-corrected chi connectivity index (χ3v) is 3.55. The molecule has 0 fully saturated rings. The maximum Gasteiger partial charge on any atom is 0.257 e. The largest absolute Gasteiger partial charge is 0.493 e. The molecule has 2 amide bonds. The van der Waals surface area contributed by atoms with Crippen LogP contribution in [0, 0.1) is 6.92 Å². The quantitative estimate of drug-likeness (QED) is 0.744. The van der Waals surface area contributed by atoms with Crippen LogP contribution in [0.5, 0.6) is 11.5 Å². The molecule has 0 bridgehead atoms. The Morgan fingerprint density at radius 1 is 1.32 bits per heavy atom. The summed E-state index contributed by atoms with van der Waals surface area (Å²) in [4.78, 5) is 23.2. The van der Waals surface area contributed by atoms with E-state index in [-0.39, 0.29) is 12.5 Å². The van der Waals surface area contributed by atoms with Gasteiger partial charge in [-0.2, -0.15) is 0 Å². The number of primary amides is 1. The van der Waals surface area contributed by atoms with Crippen molar-refractivity contribution in [3.8, 4) is 11.5 Å². The highest BCUT2D eigenvalue weighted by molar-refractivity contribution is 5.96. The summed E-state index contributed by atoms with van der Waals surface area (Å²) in [5.41, 5.74) is 6.96. The summed E-state index contributed by atoms with van der Waals surface area (Å²) in [6.07, 6.45) is 0.611. The summed E-state index contributed by atoms with van der Waals surface area (Å²) < 4.78 is 15.6. The number of nitrogens with two attached hydrogens (primary N) is 1. The zero-order valence-electron chi connectivity index (χ0n) is 14.4. The summed E-state index contributed by atoms with van der Waals surface area (Å²) in [7, 11) is 1.49. The lowest BCUT2D eigenvalue weighted by atomic mass is 10.1. The minimum atomic E-state index is -0.575. The number of rotatable bonds is 8. The van der Waals surface area contributed by atoms with E-state index in [1.54, 1.807) is 25.1 Å². The summed E-state index contributed by atoms with van der Waals surface area (Å²) in [6, 6.07) is 5.14. The second kappa shape index (κ2) is 8.18. The molecule has 0 spiro atoms. The SMILES string of the molecule is CCc1noc(C)c1C(=O)NCc1ccc(OCC(N)=O)c(OC)c1. The van der Waals surface area contributed by atoms with Crippen LogP contribution < -0.4 is 20.5 Å². The van der Waals surface area contributed by atoms with E-state index in [1.807, 2.05) is 6.92 Å². The summed E-state index contributed by atoms with van der Waals surface area (Å²) in [5, 5.41) is 6.70. The van der Waals surface area contributed by atoms with Gasteiger partial charge in [-0.25, -0.2) is 0 Å². The number of aromatic nitrogens is 1. The van der Waals surface area contributed by atoms with Crippen LogP contribution in [-0.2, 0) is 17.8 Å². The molecule has 0 saturated carbocycles. The van der Waals surface area contributed by atoms with Crippen LogP contribution in [-0.4, -0.2) is 30.7 Å². The molecule has 0 aliphatic rings. The first kappa shape index (κ1) is 18.3. The van der Waals surface area contributed by atoms with Crippen molar-refractivity contribution in [2.75, 3.05) is 13.7 Å². The molecule has 1 aromatic carbocycles. The molecule has 8 heteroatoms. The van der Waals surface area contributed by atoms with Crippen LogP contribution in [0.2, 0.25) is 0 Å². The lowest BCUT2D eigenvalue weighted by Crippen LogP contribution is -2.24. The predicted molar refractivity (Wildman–Crippen MR) is 89.5 cm³/mol. The van der Waals surface area contributed by atoms with Gasteiger partial charge < -0.3 is 25.0 Å². The van der Waals surface area contributed by atoms with Crippen LogP contribution in [0.15, 0.2) is 22.7 Å². The number of methoxy groups -OCH3 is 1. The van der Waals surface area contributed by atoms with Gasteiger partial charge in [0.15, 0.2) is 18.1 Å². The van der Waals surface area contributed by atoms with E-state index in [9.17, 15) is 9.59 Å². The van der Waals surface area contributed by atoms with Crippen LogP contribution in [0.1, 0.15) is 34.3 Å². The average Bonchev–Trinajstić information content (AvgIpc) is 2.98. The Hall–Kier alpha value is -3.03. The number of nitrogens with zero attached hydrogens (tertiary/aromatic N) is 1. The Kier molecular flexibility index (Phi) is 5.99. The van der Waals surface area contributed by atoms with Gasteiger partial charge in [-0.3, -0.25) is 9.59 Å². The van der Waals surface area contributed by atoms with Gasteiger partial charge in [0.2, 0.25) is 0 Å². The lowest BCUT2D eigenvalue weighted by Gasteiger charge is -2.12. The average molecular weight is 347 g/mol. The maximum atomic E-state index is 12.4. The van der Waals surface area contributed by atoms with Crippen molar-refractivity contribution < 1.29 is 23.6 Å². The van der Waals surface area contributed by atoms with E-state index in [0.717, 1.165) is 5.56 Å². The highest BCUT2D eigenvalue weighted by atomic mass is 16.5. The molecule has 3 N–H and O–H groups in total. The Labute approximate surface area is 145 Å². The van der Waals surface area contributed by atoms with Gasteiger partial charge in [-0.15, -0.1) is 0 Å². The van der Waals surface area contributed by atoms with Gasteiger partial charge in [0.25, 0.3) is 11.8 Å². The van der Waals surface area contributed by atoms with E-state index >= 15 is 0 Å². The number of ether oxygens (including phenoxy) is 2. The van der Waals surface area contributed by atoms with Gasteiger partial charge in [0.1, 0.15) is 11.3 Å². The minimum Gasteiger partial charge on any atom is -0.493 e. The Morgan fingerprint density at radius 3 is 2.72 bits per heavy atom. The van der Waals surface area contributed by atoms with E-state index in [1.165, 1.54) is 7.11 Å². The number of carbonyl (C=O) groups is 2. The standard InChI is InChI=1S/C17H21N3O5/c1-4-12-16(10(2)25-20-12)17(22)19-8-11-5-6-13(14(7-11)23-3)24-9-15(18)21/h5-7H,4,8-9H2,1-3H3,(H2,18,21)(H,19,22). The molecular weight excluding hydrogens is 326 g/mol. The van der Waals surface area contributed by atoms with Gasteiger partial charge >= 0.3 is 0 Å². The second-order valence-electron chi connectivity index (χ2n) is 5.34. The Morgan fingerprint density at radius 2 is 2.08 bits per heavy atom. The van der Waals surface area contributed by atoms with Gasteiger partial charge in [-0.05, 0) is 31.0 Å². The zero-order valence-corrected chi connectivity index (χ0v) is 14.4. The van der Waals surface area contributed by atoms with Crippen LogP contribution in [0.25, 0.3) is 0 Å². The van der Waals surface area contributed by atoms with Crippen molar-refractivity contribution in [3.05, 3.63) is 40.8 Å². The fourth-order valence-corrected chi connectivity index (χ4v) is 2.31. The first-order chi connectivity index (χ1) is 12.0. The molecule has 0 saturated heterocycles. The smallest absolute Gasteiger partial charge is 0.257 e. The summed E-state index contributed by atoms with van der Waals surface area (Å²) >= 11 is 0. The van der Waals surface area contributed by atoms with E-state index < -0.39 is 5.91 Å². The molecule has 8 nitrogen and oxygen atoms in total. The van der Waals surface area contributed by atoms with Gasteiger partial charge in [0.05, 0.1) is 12.8 Å². The molecule has 1 heterocycles. The number of amides is 2. The number of nitrogens with one attached hydrogen (secondary N) is 1. The summed E-state index contributed by atoms with van der Waals surface area (Å²) in [6.45, 7) is 3.66. The van der Waals surface area contributed by atoms with Gasteiger partial charge in [-0.1, -0.05) is 18.1 Å². The number of hydrogen-bond acceptors (Lipinski definition) is 6. The van der Waals surface area contributed by atoms with Crippen molar-refractivity contribution in [1.82, 2.24) is 10.5 Å². The first-order valence-corrected chi connectivity index (χ1v) is 7.77.